The van der Waals surface area contributed by atoms with Gasteiger partial charge in [0.05, 0.1) is 0 Å². The first kappa shape index (κ1) is 23.1. The van der Waals surface area contributed by atoms with Gasteiger partial charge in [-0.15, -0.1) is 0 Å². The summed E-state index contributed by atoms with van der Waals surface area (Å²) >= 11 is 0. The molecule has 0 atom stereocenters. The van der Waals surface area contributed by atoms with Crippen molar-refractivity contribution in [2.45, 2.75) is 31.8 Å². The van der Waals surface area contributed by atoms with Crippen LogP contribution in [0.2, 0.25) is 0 Å². The van der Waals surface area contributed by atoms with Gasteiger partial charge in [0, 0.05) is 43.5 Å². The summed E-state index contributed by atoms with van der Waals surface area (Å²) in [5.41, 5.74) is 7.30. The largest absolute Gasteiger partial charge is 0.299 e. The molecule has 1 N–H and O–H groups in total. The summed E-state index contributed by atoms with van der Waals surface area (Å²) in [6.07, 6.45) is 8.53. The van der Waals surface area contributed by atoms with Crippen LogP contribution in [0, 0.1) is 11.6 Å². The summed E-state index contributed by atoms with van der Waals surface area (Å²) in [4.78, 5) is 12.1. The molecule has 0 saturated carbocycles. The average Bonchev–Trinajstić information content (AvgIpc) is 2.85. The molecular weight excluding hydrogens is 420 g/mol. The third kappa shape index (κ3) is 6.94. The van der Waals surface area contributed by atoms with E-state index in [0.717, 1.165) is 61.3 Å². The molecular formula is C27H29F2N3O. The lowest BCUT2D eigenvalue weighted by Gasteiger charge is -2.27. The molecule has 6 heteroatoms. The third-order valence-corrected chi connectivity index (χ3v) is 5.97. The maximum atomic E-state index is 13.4. The van der Waals surface area contributed by atoms with Crippen molar-refractivity contribution >= 4 is 0 Å². The van der Waals surface area contributed by atoms with Gasteiger partial charge in [0.1, 0.15) is 18.2 Å². The number of aromatic nitrogens is 1. The fourth-order valence-electron chi connectivity index (χ4n) is 4.14. The van der Waals surface area contributed by atoms with Crippen LogP contribution in [-0.4, -0.2) is 29.5 Å². The second kappa shape index (κ2) is 11.7. The van der Waals surface area contributed by atoms with Gasteiger partial charge in [-0.25, -0.2) is 8.78 Å². The zero-order valence-electron chi connectivity index (χ0n) is 18.6. The molecule has 4 nitrogen and oxygen atoms in total. The van der Waals surface area contributed by atoms with Crippen LogP contribution in [0.5, 0.6) is 0 Å². The lowest BCUT2D eigenvalue weighted by Crippen LogP contribution is -2.32. The van der Waals surface area contributed by atoms with Gasteiger partial charge in [0.15, 0.2) is 0 Å². The van der Waals surface area contributed by atoms with Crippen LogP contribution in [0.1, 0.15) is 41.9 Å². The highest BCUT2D eigenvalue weighted by Crippen LogP contribution is 2.30. The second-order valence-electron chi connectivity index (χ2n) is 8.33. The zero-order chi connectivity index (χ0) is 22.9. The van der Waals surface area contributed by atoms with Gasteiger partial charge in [0.2, 0.25) is 0 Å². The van der Waals surface area contributed by atoms with Crippen LogP contribution in [0.4, 0.5) is 8.78 Å². The molecule has 0 aliphatic carbocycles. The van der Waals surface area contributed by atoms with Gasteiger partial charge in [-0.2, -0.15) is 0 Å². The molecule has 0 radical (unpaired) electrons. The summed E-state index contributed by atoms with van der Waals surface area (Å²) in [5.74, 6) is -0.374. The molecule has 0 fully saturated rings. The number of nitrogens with one attached hydrogen (secondary N) is 1. The van der Waals surface area contributed by atoms with E-state index in [9.17, 15) is 8.78 Å². The Kier molecular flexibility index (Phi) is 8.17. The Bertz CT molecular complexity index is 978. The SMILES string of the molecule is Fc1ccc(C(CCCN2CC=C(NOCc3cccnc3)CC2)c2ccc(F)cc2)cc1. The number of benzene rings is 2. The highest BCUT2D eigenvalue weighted by molar-refractivity contribution is 5.32. The van der Waals surface area contributed by atoms with E-state index in [0.29, 0.717) is 6.61 Å². The quantitative estimate of drug-likeness (QED) is 0.410. The van der Waals surface area contributed by atoms with Crippen LogP contribution in [0.15, 0.2) is 84.8 Å². The van der Waals surface area contributed by atoms with E-state index in [-0.39, 0.29) is 17.6 Å². The molecule has 2 heterocycles. The summed E-state index contributed by atoms with van der Waals surface area (Å²) in [5, 5.41) is 0. The highest BCUT2D eigenvalue weighted by Gasteiger charge is 2.17. The van der Waals surface area contributed by atoms with Crippen molar-refractivity contribution in [3.63, 3.8) is 0 Å². The molecule has 0 saturated heterocycles. The van der Waals surface area contributed by atoms with Crippen molar-refractivity contribution in [2.75, 3.05) is 19.6 Å². The Morgan fingerprint density at radius 3 is 2.24 bits per heavy atom. The molecule has 0 bridgehead atoms. The molecule has 1 aromatic heterocycles. The Labute approximate surface area is 193 Å². The van der Waals surface area contributed by atoms with E-state index < -0.39 is 0 Å². The summed E-state index contributed by atoms with van der Waals surface area (Å²) < 4.78 is 26.8. The van der Waals surface area contributed by atoms with Gasteiger partial charge in [-0.05, 0) is 72.5 Å². The van der Waals surface area contributed by atoms with Crippen LogP contribution < -0.4 is 5.48 Å². The van der Waals surface area contributed by atoms with Crippen molar-refractivity contribution in [1.82, 2.24) is 15.4 Å². The van der Waals surface area contributed by atoms with Crippen molar-refractivity contribution < 1.29 is 13.6 Å². The molecule has 1 aliphatic heterocycles. The van der Waals surface area contributed by atoms with Gasteiger partial charge >= 0.3 is 0 Å². The number of rotatable bonds is 10. The average molecular weight is 450 g/mol. The van der Waals surface area contributed by atoms with Crippen molar-refractivity contribution in [3.05, 3.63) is 113 Å². The minimum atomic E-state index is -0.245. The zero-order valence-corrected chi connectivity index (χ0v) is 18.6. The second-order valence-corrected chi connectivity index (χ2v) is 8.33. The van der Waals surface area contributed by atoms with Crippen molar-refractivity contribution in [2.24, 2.45) is 0 Å². The highest BCUT2D eigenvalue weighted by atomic mass is 19.1. The first-order chi connectivity index (χ1) is 16.2. The Balaban J connectivity index is 1.26. The lowest BCUT2D eigenvalue weighted by atomic mass is 9.87. The van der Waals surface area contributed by atoms with Crippen LogP contribution >= 0.6 is 0 Å². The van der Waals surface area contributed by atoms with Crippen LogP contribution in [0.3, 0.4) is 0 Å². The molecule has 1 aliphatic rings. The number of nitrogens with zero attached hydrogens (tertiary/aromatic N) is 2. The van der Waals surface area contributed by atoms with E-state index in [1.165, 1.54) is 24.3 Å². The molecule has 33 heavy (non-hydrogen) atoms. The van der Waals surface area contributed by atoms with Gasteiger partial charge in [-0.1, -0.05) is 30.3 Å². The molecule has 0 spiro atoms. The van der Waals surface area contributed by atoms with Crippen LogP contribution in [-0.2, 0) is 11.4 Å². The monoisotopic (exact) mass is 449 g/mol. The van der Waals surface area contributed by atoms with Crippen molar-refractivity contribution in [3.8, 4) is 0 Å². The summed E-state index contributed by atoms with van der Waals surface area (Å²) in [6, 6.07) is 17.2. The molecule has 0 amide bonds. The Morgan fingerprint density at radius 2 is 1.67 bits per heavy atom. The molecule has 3 aromatic rings. The number of hydrogen-bond donors (Lipinski definition) is 1. The van der Waals surface area contributed by atoms with E-state index in [4.69, 9.17) is 4.84 Å². The van der Waals surface area contributed by atoms with E-state index >= 15 is 0 Å². The van der Waals surface area contributed by atoms with Crippen molar-refractivity contribution in [1.29, 1.82) is 0 Å². The van der Waals surface area contributed by atoms with Gasteiger partial charge < -0.3 is 0 Å². The summed E-state index contributed by atoms with van der Waals surface area (Å²) in [7, 11) is 0. The topological polar surface area (TPSA) is 37.4 Å². The minimum absolute atomic E-state index is 0.115. The normalized spacial score (nSPS) is 14.3. The molecule has 0 unspecified atom stereocenters. The fourth-order valence-corrected chi connectivity index (χ4v) is 4.14. The predicted molar refractivity (Wildman–Crippen MR) is 125 cm³/mol. The Hall–Kier alpha value is -3.09. The van der Waals surface area contributed by atoms with E-state index in [1.807, 2.05) is 36.4 Å². The maximum absolute atomic E-state index is 13.4. The predicted octanol–water partition coefficient (Wildman–Crippen LogP) is 5.58. The number of pyridine rings is 1. The fraction of sp³-hybridized carbons (Fsp3) is 0.296. The van der Waals surface area contributed by atoms with E-state index in [2.05, 4.69) is 21.4 Å². The number of hydroxylamine groups is 1. The lowest BCUT2D eigenvalue weighted by molar-refractivity contribution is 0.0438. The first-order valence-electron chi connectivity index (χ1n) is 11.4. The van der Waals surface area contributed by atoms with E-state index in [1.54, 1.807) is 12.4 Å². The maximum Gasteiger partial charge on any atom is 0.123 e. The van der Waals surface area contributed by atoms with Gasteiger partial charge in [-0.3, -0.25) is 20.2 Å². The standard InChI is InChI=1S/C27H29F2N3O/c28-24-9-5-22(6-10-24)27(23-7-11-25(29)12-8-23)4-2-16-32-17-13-26(14-18-32)31-33-20-21-3-1-15-30-19-21/h1,3,5-13,15,19,27,31H,2,4,14,16-18,20H2. The first-order valence-corrected chi connectivity index (χ1v) is 11.4. The minimum Gasteiger partial charge on any atom is -0.299 e. The Morgan fingerprint density at radius 1 is 0.970 bits per heavy atom. The molecule has 4 rings (SSSR count). The number of hydrogen-bond acceptors (Lipinski definition) is 4. The van der Waals surface area contributed by atoms with Gasteiger partial charge in [0.25, 0.3) is 0 Å². The molecule has 172 valence electrons. The summed E-state index contributed by atoms with van der Waals surface area (Å²) in [6.45, 7) is 3.28. The number of halogens is 2. The van der Waals surface area contributed by atoms with Crippen LogP contribution in [0.25, 0.3) is 0 Å². The smallest absolute Gasteiger partial charge is 0.123 e. The third-order valence-electron chi connectivity index (χ3n) is 5.97. The molecule has 2 aromatic carbocycles.